The van der Waals surface area contributed by atoms with Gasteiger partial charge in [-0.1, -0.05) is 20.8 Å². The molecule has 1 amide bonds. The van der Waals surface area contributed by atoms with Crippen LogP contribution in [0.5, 0.6) is 0 Å². The standard InChI is InChI=1S/C12H18F3N3O/c1-5-18-7-8(6-16-18)9(19)17-10(11(2,3)4)12(13,14)15/h6-7,10H,5H2,1-4H3,(H,17,19)/t10-/m0/s1. The third-order valence-corrected chi connectivity index (χ3v) is 2.69. The number of rotatable bonds is 3. The molecule has 1 aromatic rings. The molecule has 108 valence electrons. The van der Waals surface area contributed by atoms with Crippen molar-refractivity contribution in [2.24, 2.45) is 5.41 Å². The molecule has 1 N–H and O–H groups in total. The molecule has 1 rings (SSSR count). The van der Waals surface area contributed by atoms with Crippen molar-refractivity contribution in [1.29, 1.82) is 0 Å². The summed E-state index contributed by atoms with van der Waals surface area (Å²) in [6.45, 7) is 6.67. The Morgan fingerprint density at radius 1 is 1.42 bits per heavy atom. The zero-order valence-electron chi connectivity index (χ0n) is 11.4. The zero-order chi connectivity index (χ0) is 14.8. The van der Waals surface area contributed by atoms with Crippen molar-refractivity contribution in [2.75, 3.05) is 0 Å². The highest BCUT2D eigenvalue weighted by Gasteiger charge is 2.47. The molecule has 0 aliphatic carbocycles. The minimum absolute atomic E-state index is 0.125. The topological polar surface area (TPSA) is 46.9 Å². The van der Waals surface area contributed by atoms with Gasteiger partial charge in [0.05, 0.1) is 11.8 Å². The normalized spacial score (nSPS) is 14.3. The van der Waals surface area contributed by atoms with E-state index < -0.39 is 23.5 Å². The van der Waals surface area contributed by atoms with E-state index in [1.54, 1.807) is 0 Å². The number of carbonyl (C=O) groups is 1. The Morgan fingerprint density at radius 2 is 2.00 bits per heavy atom. The maximum absolute atomic E-state index is 12.9. The number of hydrogen-bond donors (Lipinski definition) is 1. The molecular formula is C12H18F3N3O. The van der Waals surface area contributed by atoms with Crippen LogP contribution in [0.25, 0.3) is 0 Å². The van der Waals surface area contributed by atoms with Crippen LogP contribution in [-0.2, 0) is 6.54 Å². The third kappa shape index (κ3) is 3.97. The Bertz CT molecular complexity index is 432. The lowest BCUT2D eigenvalue weighted by molar-refractivity contribution is -0.174. The van der Waals surface area contributed by atoms with Crippen LogP contribution < -0.4 is 5.32 Å². The fraction of sp³-hybridized carbons (Fsp3) is 0.667. The fourth-order valence-electron chi connectivity index (χ4n) is 1.66. The number of hydrogen-bond acceptors (Lipinski definition) is 2. The molecule has 0 saturated heterocycles. The van der Waals surface area contributed by atoms with Crippen LogP contribution >= 0.6 is 0 Å². The molecule has 0 saturated carbocycles. The molecule has 0 aromatic carbocycles. The summed E-state index contributed by atoms with van der Waals surface area (Å²) in [5, 5.41) is 5.90. The van der Waals surface area contributed by atoms with Gasteiger partial charge in [0.2, 0.25) is 0 Å². The SMILES string of the molecule is CCn1cc(C(=O)N[C@@H](C(C)(C)C)C(F)(F)F)cn1. The van der Waals surface area contributed by atoms with Crippen LogP contribution in [0.1, 0.15) is 38.1 Å². The lowest BCUT2D eigenvalue weighted by Gasteiger charge is -2.32. The largest absolute Gasteiger partial charge is 0.409 e. The highest BCUT2D eigenvalue weighted by molar-refractivity contribution is 5.94. The predicted molar refractivity (Wildman–Crippen MR) is 64.7 cm³/mol. The van der Waals surface area contributed by atoms with Crippen LogP contribution in [0.15, 0.2) is 12.4 Å². The molecule has 1 atom stereocenters. The van der Waals surface area contributed by atoms with Gasteiger partial charge in [0, 0.05) is 12.7 Å². The van der Waals surface area contributed by atoms with Crippen LogP contribution in [0.4, 0.5) is 13.2 Å². The van der Waals surface area contributed by atoms with Crippen molar-refractivity contribution < 1.29 is 18.0 Å². The Hall–Kier alpha value is -1.53. The van der Waals surface area contributed by atoms with Gasteiger partial charge in [-0.2, -0.15) is 18.3 Å². The molecule has 0 radical (unpaired) electrons. The van der Waals surface area contributed by atoms with Gasteiger partial charge in [-0.3, -0.25) is 9.48 Å². The van der Waals surface area contributed by atoms with Crippen LogP contribution in [0, 0.1) is 5.41 Å². The van der Waals surface area contributed by atoms with Gasteiger partial charge in [-0.15, -0.1) is 0 Å². The summed E-state index contributed by atoms with van der Waals surface area (Å²) in [4.78, 5) is 11.8. The molecule has 4 nitrogen and oxygen atoms in total. The number of alkyl halides is 3. The average molecular weight is 277 g/mol. The molecule has 0 spiro atoms. The van der Waals surface area contributed by atoms with Crippen LogP contribution in [0.2, 0.25) is 0 Å². The van der Waals surface area contributed by atoms with Gasteiger partial charge in [0.15, 0.2) is 0 Å². The monoisotopic (exact) mass is 277 g/mol. The quantitative estimate of drug-likeness (QED) is 0.923. The summed E-state index contributed by atoms with van der Waals surface area (Å²) in [7, 11) is 0. The molecule has 0 bridgehead atoms. The first-order valence-corrected chi connectivity index (χ1v) is 5.95. The highest BCUT2D eigenvalue weighted by Crippen LogP contribution is 2.33. The van der Waals surface area contributed by atoms with E-state index in [0.717, 1.165) is 0 Å². The Kier molecular flexibility index (Phi) is 4.27. The lowest BCUT2D eigenvalue weighted by Crippen LogP contribution is -2.53. The number of aryl methyl sites for hydroxylation is 1. The zero-order valence-corrected chi connectivity index (χ0v) is 11.4. The average Bonchev–Trinajstić information content (AvgIpc) is 2.70. The number of nitrogens with zero attached hydrogens (tertiary/aromatic N) is 2. The van der Waals surface area contributed by atoms with Gasteiger partial charge in [-0.25, -0.2) is 0 Å². The van der Waals surface area contributed by atoms with Gasteiger partial charge < -0.3 is 5.32 Å². The Morgan fingerprint density at radius 3 is 2.37 bits per heavy atom. The van der Waals surface area contributed by atoms with Gasteiger partial charge >= 0.3 is 6.18 Å². The van der Waals surface area contributed by atoms with E-state index in [1.807, 2.05) is 12.2 Å². The summed E-state index contributed by atoms with van der Waals surface area (Å²) in [5.41, 5.74) is -0.991. The molecule has 0 aliphatic heterocycles. The molecule has 0 unspecified atom stereocenters. The first-order chi connectivity index (χ1) is 8.55. The summed E-state index contributed by atoms with van der Waals surface area (Å²) in [6, 6.07) is -1.91. The molecule has 1 aromatic heterocycles. The van der Waals surface area contributed by atoms with E-state index in [1.165, 1.54) is 37.8 Å². The van der Waals surface area contributed by atoms with E-state index in [9.17, 15) is 18.0 Å². The molecule has 0 fully saturated rings. The number of nitrogens with one attached hydrogen (secondary N) is 1. The maximum atomic E-state index is 12.9. The Balaban J connectivity index is 2.88. The highest BCUT2D eigenvalue weighted by atomic mass is 19.4. The number of amides is 1. The van der Waals surface area contributed by atoms with Crippen LogP contribution in [0.3, 0.4) is 0 Å². The van der Waals surface area contributed by atoms with Crippen molar-refractivity contribution in [1.82, 2.24) is 15.1 Å². The van der Waals surface area contributed by atoms with E-state index in [0.29, 0.717) is 6.54 Å². The first-order valence-electron chi connectivity index (χ1n) is 5.95. The summed E-state index contributed by atoms with van der Waals surface area (Å²) >= 11 is 0. The van der Waals surface area contributed by atoms with E-state index in [2.05, 4.69) is 5.10 Å². The summed E-state index contributed by atoms with van der Waals surface area (Å²) in [6.07, 6.45) is -1.81. The van der Waals surface area contributed by atoms with Crippen LogP contribution in [-0.4, -0.2) is 27.9 Å². The molecular weight excluding hydrogens is 259 g/mol. The van der Waals surface area contributed by atoms with Gasteiger partial charge in [0.1, 0.15) is 6.04 Å². The molecule has 0 aliphatic rings. The van der Waals surface area contributed by atoms with E-state index >= 15 is 0 Å². The van der Waals surface area contributed by atoms with Gasteiger partial charge in [-0.05, 0) is 12.3 Å². The van der Waals surface area contributed by atoms with E-state index in [4.69, 9.17) is 0 Å². The molecule has 7 heteroatoms. The lowest BCUT2D eigenvalue weighted by atomic mass is 9.86. The van der Waals surface area contributed by atoms with Crippen molar-refractivity contribution in [3.8, 4) is 0 Å². The summed E-state index contributed by atoms with van der Waals surface area (Å²) < 4.78 is 40.3. The molecule has 19 heavy (non-hydrogen) atoms. The van der Waals surface area contributed by atoms with Crippen molar-refractivity contribution >= 4 is 5.91 Å². The first kappa shape index (κ1) is 15.5. The Labute approximate surface area is 110 Å². The maximum Gasteiger partial charge on any atom is 0.409 e. The van der Waals surface area contributed by atoms with Crippen molar-refractivity contribution in [2.45, 2.75) is 46.5 Å². The van der Waals surface area contributed by atoms with Gasteiger partial charge in [0.25, 0.3) is 5.91 Å². The number of carbonyl (C=O) groups excluding carboxylic acids is 1. The van der Waals surface area contributed by atoms with Crippen molar-refractivity contribution in [3.63, 3.8) is 0 Å². The second-order valence-corrected chi connectivity index (χ2v) is 5.40. The second-order valence-electron chi connectivity index (χ2n) is 5.40. The molecule has 1 heterocycles. The minimum Gasteiger partial charge on any atom is -0.340 e. The fourth-order valence-corrected chi connectivity index (χ4v) is 1.66. The van der Waals surface area contributed by atoms with E-state index in [-0.39, 0.29) is 5.56 Å². The minimum atomic E-state index is -4.49. The number of aromatic nitrogens is 2. The predicted octanol–water partition coefficient (Wildman–Crippen LogP) is 2.61. The second kappa shape index (κ2) is 5.22. The third-order valence-electron chi connectivity index (χ3n) is 2.69. The summed E-state index contributed by atoms with van der Waals surface area (Å²) in [5.74, 6) is -0.767. The van der Waals surface area contributed by atoms with Crippen molar-refractivity contribution in [3.05, 3.63) is 18.0 Å². The smallest absolute Gasteiger partial charge is 0.340 e. The number of halogens is 3.